The Bertz CT molecular complexity index is 716. The summed E-state index contributed by atoms with van der Waals surface area (Å²) in [7, 11) is 0. The first-order valence-corrected chi connectivity index (χ1v) is 9.35. The van der Waals surface area contributed by atoms with Crippen LogP contribution in [0.1, 0.15) is 31.1 Å². The van der Waals surface area contributed by atoms with Gasteiger partial charge in [-0.1, -0.05) is 13.3 Å². The second-order valence-corrected chi connectivity index (χ2v) is 7.54. The molecule has 122 valence electrons. The van der Waals surface area contributed by atoms with Gasteiger partial charge in [0.2, 0.25) is 5.91 Å². The first-order chi connectivity index (χ1) is 11.3. The number of thiophene rings is 1. The molecule has 4 rings (SSSR count). The molecule has 0 atom stereocenters. The van der Waals surface area contributed by atoms with E-state index in [1.54, 1.807) is 17.7 Å². The topological polar surface area (TPSA) is 49.3 Å². The number of hydrogen-bond donors (Lipinski definition) is 0. The third kappa shape index (κ3) is 2.69. The standard InChI is InChI=1S/C17H22N4OS/c1-2-13-10-14-15(18-11-19-16(14)23-13)20-6-8-21(9-7-20)17(22)12-4-3-5-12/h10-12H,2-9H2,1H3. The Hall–Kier alpha value is -1.69. The second kappa shape index (κ2) is 6.07. The molecule has 2 aromatic heterocycles. The van der Waals surface area contributed by atoms with Crippen LogP contribution in [0.3, 0.4) is 0 Å². The Morgan fingerprint density at radius 1 is 1.26 bits per heavy atom. The molecule has 0 radical (unpaired) electrons. The Morgan fingerprint density at radius 3 is 2.70 bits per heavy atom. The third-order valence-corrected chi connectivity index (χ3v) is 6.24. The SMILES string of the molecule is CCc1cc2c(N3CCN(C(=O)C4CCC4)CC3)ncnc2s1. The molecule has 1 aliphatic heterocycles. The number of amides is 1. The van der Waals surface area contributed by atoms with Gasteiger partial charge in [0.25, 0.3) is 0 Å². The summed E-state index contributed by atoms with van der Waals surface area (Å²) in [6.45, 7) is 5.52. The Balaban J connectivity index is 1.49. The molecule has 1 amide bonds. The van der Waals surface area contributed by atoms with Gasteiger partial charge in [-0.3, -0.25) is 4.79 Å². The van der Waals surface area contributed by atoms with Crippen molar-refractivity contribution in [3.63, 3.8) is 0 Å². The maximum absolute atomic E-state index is 12.4. The molecule has 0 spiro atoms. The van der Waals surface area contributed by atoms with Crippen molar-refractivity contribution in [2.24, 2.45) is 5.92 Å². The molecule has 2 aliphatic rings. The normalized spacial score (nSPS) is 19.2. The fourth-order valence-electron chi connectivity index (χ4n) is 3.37. The summed E-state index contributed by atoms with van der Waals surface area (Å²) in [6, 6.07) is 2.22. The molecule has 1 aliphatic carbocycles. The van der Waals surface area contributed by atoms with Gasteiger partial charge in [-0.2, -0.15) is 0 Å². The average molecular weight is 330 g/mol. The van der Waals surface area contributed by atoms with Gasteiger partial charge in [-0.15, -0.1) is 11.3 Å². The fraction of sp³-hybridized carbons (Fsp3) is 0.588. The van der Waals surface area contributed by atoms with Crippen molar-refractivity contribution in [2.75, 3.05) is 31.1 Å². The van der Waals surface area contributed by atoms with Gasteiger partial charge in [-0.25, -0.2) is 9.97 Å². The first kappa shape index (κ1) is 14.9. The minimum Gasteiger partial charge on any atom is -0.352 e. The van der Waals surface area contributed by atoms with E-state index < -0.39 is 0 Å². The third-order valence-electron chi connectivity index (χ3n) is 5.05. The van der Waals surface area contributed by atoms with Crippen LogP contribution >= 0.6 is 11.3 Å². The maximum atomic E-state index is 12.4. The zero-order chi connectivity index (χ0) is 15.8. The molecule has 2 fully saturated rings. The van der Waals surface area contributed by atoms with Crippen molar-refractivity contribution in [1.82, 2.24) is 14.9 Å². The Labute approximate surface area is 140 Å². The minimum atomic E-state index is 0.302. The van der Waals surface area contributed by atoms with E-state index in [0.717, 1.165) is 61.5 Å². The largest absolute Gasteiger partial charge is 0.352 e. The van der Waals surface area contributed by atoms with E-state index in [0.29, 0.717) is 11.8 Å². The smallest absolute Gasteiger partial charge is 0.225 e. The van der Waals surface area contributed by atoms with Gasteiger partial charge in [-0.05, 0) is 25.3 Å². The second-order valence-electron chi connectivity index (χ2n) is 6.42. The molecule has 0 bridgehead atoms. The lowest BCUT2D eigenvalue weighted by Gasteiger charge is -2.38. The number of carbonyl (C=O) groups is 1. The number of nitrogens with zero attached hydrogens (tertiary/aromatic N) is 4. The molecule has 0 N–H and O–H groups in total. The van der Waals surface area contributed by atoms with E-state index in [1.165, 1.54) is 11.3 Å². The van der Waals surface area contributed by atoms with E-state index in [-0.39, 0.29) is 0 Å². The zero-order valence-corrected chi connectivity index (χ0v) is 14.3. The summed E-state index contributed by atoms with van der Waals surface area (Å²) in [5.41, 5.74) is 0. The quantitative estimate of drug-likeness (QED) is 0.868. The maximum Gasteiger partial charge on any atom is 0.225 e. The van der Waals surface area contributed by atoms with Gasteiger partial charge >= 0.3 is 0 Å². The molecular formula is C17H22N4OS. The highest BCUT2D eigenvalue weighted by atomic mass is 32.1. The van der Waals surface area contributed by atoms with Crippen molar-refractivity contribution in [3.05, 3.63) is 17.3 Å². The molecule has 0 aromatic carbocycles. The Morgan fingerprint density at radius 2 is 2.04 bits per heavy atom. The van der Waals surface area contributed by atoms with Crippen LogP contribution in [-0.2, 0) is 11.2 Å². The molecule has 1 saturated heterocycles. The van der Waals surface area contributed by atoms with Crippen LogP contribution < -0.4 is 4.90 Å². The summed E-state index contributed by atoms with van der Waals surface area (Å²) in [5.74, 6) is 1.70. The van der Waals surface area contributed by atoms with E-state index in [1.807, 2.05) is 4.90 Å². The van der Waals surface area contributed by atoms with Gasteiger partial charge in [0.05, 0.1) is 5.39 Å². The number of aromatic nitrogens is 2. The predicted octanol–water partition coefficient (Wildman–Crippen LogP) is 2.70. The van der Waals surface area contributed by atoms with Crippen molar-refractivity contribution in [2.45, 2.75) is 32.6 Å². The fourth-order valence-corrected chi connectivity index (χ4v) is 4.30. The zero-order valence-electron chi connectivity index (χ0n) is 13.5. The van der Waals surface area contributed by atoms with Crippen molar-refractivity contribution < 1.29 is 4.79 Å². The lowest BCUT2D eigenvalue weighted by Crippen LogP contribution is -2.51. The van der Waals surface area contributed by atoms with Crippen molar-refractivity contribution >= 4 is 33.3 Å². The summed E-state index contributed by atoms with van der Waals surface area (Å²) < 4.78 is 0. The van der Waals surface area contributed by atoms with Crippen LogP contribution in [-0.4, -0.2) is 47.0 Å². The summed E-state index contributed by atoms with van der Waals surface area (Å²) in [5, 5.41) is 1.16. The molecule has 23 heavy (non-hydrogen) atoms. The van der Waals surface area contributed by atoms with Crippen molar-refractivity contribution in [3.8, 4) is 0 Å². The number of hydrogen-bond acceptors (Lipinski definition) is 5. The van der Waals surface area contributed by atoms with Crippen molar-refractivity contribution in [1.29, 1.82) is 0 Å². The monoisotopic (exact) mass is 330 g/mol. The Kier molecular flexibility index (Phi) is 3.93. The molecule has 1 saturated carbocycles. The van der Waals surface area contributed by atoms with Gasteiger partial charge in [0.15, 0.2) is 0 Å². The van der Waals surface area contributed by atoms with Gasteiger partial charge in [0.1, 0.15) is 17.0 Å². The number of piperazine rings is 1. The van der Waals surface area contributed by atoms with Crippen LogP contribution in [0.15, 0.2) is 12.4 Å². The molecule has 6 heteroatoms. The predicted molar refractivity (Wildman–Crippen MR) is 92.9 cm³/mol. The molecular weight excluding hydrogens is 308 g/mol. The van der Waals surface area contributed by atoms with E-state index in [4.69, 9.17) is 0 Å². The van der Waals surface area contributed by atoms with Crippen LogP contribution in [0.25, 0.3) is 10.2 Å². The lowest BCUT2D eigenvalue weighted by atomic mass is 9.84. The van der Waals surface area contributed by atoms with Crippen LogP contribution in [0, 0.1) is 5.92 Å². The molecule has 2 aromatic rings. The van der Waals surface area contributed by atoms with Crippen LogP contribution in [0.4, 0.5) is 5.82 Å². The number of aryl methyl sites for hydroxylation is 1. The van der Waals surface area contributed by atoms with E-state index in [9.17, 15) is 4.79 Å². The average Bonchev–Trinajstić information content (AvgIpc) is 2.96. The summed E-state index contributed by atoms with van der Waals surface area (Å²) in [4.78, 5) is 28.1. The lowest BCUT2D eigenvalue weighted by molar-refractivity contribution is -0.138. The first-order valence-electron chi connectivity index (χ1n) is 8.53. The number of rotatable bonds is 3. The number of anilines is 1. The van der Waals surface area contributed by atoms with Gasteiger partial charge < -0.3 is 9.80 Å². The molecule has 3 heterocycles. The number of fused-ring (bicyclic) bond motifs is 1. The molecule has 0 unspecified atom stereocenters. The summed E-state index contributed by atoms with van der Waals surface area (Å²) in [6.07, 6.45) is 6.08. The van der Waals surface area contributed by atoms with Crippen LogP contribution in [0.5, 0.6) is 0 Å². The van der Waals surface area contributed by atoms with E-state index in [2.05, 4.69) is 27.9 Å². The number of carbonyl (C=O) groups excluding carboxylic acids is 1. The van der Waals surface area contributed by atoms with E-state index >= 15 is 0 Å². The van der Waals surface area contributed by atoms with Crippen LogP contribution in [0.2, 0.25) is 0 Å². The van der Waals surface area contributed by atoms with Gasteiger partial charge in [0, 0.05) is 37.0 Å². The highest BCUT2D eigenvalue weighted by molar-refractivity contribution is 7.18. The minimum absolute atomic E-state index is 0.302. The highest BCUT2D eigenvalue weighted by Crippen LogP contribution is 2.32. The summed E-state index contributed by atoms with van der Waals surface area (Å²) >= 11 is 1.75. The molecule has 5 nitrogen and oxygen atoms in total. The highest BCUT2D eigenvalue weighted by Gasteiger charge is 2.31.